The number of benzene rings is 1. The van der Waals surface area contributed by atoms with Crippen molar-refractivity contribution in [3.05, 3.63) is 65.6 Å². The molecule has 3 aromatic rings. The highest BCUT2D eigenvalue weighted by atomic mass is 16.4. The predicted molar refractivity (Wildman–Crippen MR) is 87.9 cm³/mol. The van der Waals surface area contributed by atoms with E-state index in [-0.39, 0.29) is 23.2 Å². The van der Waals surface area contributed by atoms with Crippen molar-refractivity contribution < 1.29 is 24.6 Å². The summed E-state index contributed by atoms with van der Waals surface area (Å²) in [6, 6.07) is 8.91. The molecule has 126 valence electrons. The van der Waals surface area contributed by atoms with E-state index in [1.165, 1.54) is 12.1 Å². The summed E-state index contributed by atoms with van der Waals surface area (Å²) in [6.45, 7) is 0. The van der Waals surface area contributed by atoms with Gasteiger partial charge in [-0.05, 0) is 30.3 Å². The summed E-state index contributed by atoms with van der Waals surface area (Å²) in [6.07, 6.45) is 3.49. The van der Waals surface area contributed by atoms with Crippen molar-refractivity contribution in [2.24, 2.45) is 0 Å². The lowest BCUT2D eigenvalue weighted by molar-refractivity contribution is -0.115. The second kappa shape index (κ2) is 6.44. The first-order valence-corrected chi connectivity index (χ1v) is 7.26. The number of nitrogens with one attached hydrogen (secondary N) is 1. The Balaban J connectivity index is 1.80. The molecule has 3 N–H and O–H groups in total. The summed E-state index contributed by atoms with van der Waals surface area (Å²) in [7, 11) is 0. The van der Waals surface area contributed by atoms with Gasteiger partial charge in [0.15, 0.2) is 0 Å². The molecule has 8 nitrogen and oxygen atoms in total. The van der Waals surface area contributed by atoms with Crippen molar-refractivity contribution in [2.45, 2.75) is 6.42 Å². The number of amides is 1. The number of pyridine rings is 1. The zero-order chi connectivity index (χ0) is 18.0. The molecule has 0 aliphatic heterocycles. The number of carbonyl (C=O) groups excluding carboxylic acids is 1. The summed E-state index contributed by atoms with van der Waals surface area (Å²) in [5.74, 6) is -2.99. The Morgan fingerprint density at radius 3 is 2.32 bits per heavy atom. The van der Waals surface area contributed by atoms with Gasteiger partial charge in [0, 0.05) is 18.1 Å². The zero-order valence-corrected chi connectivity index (χ0v) is 12.8. The molecule has 0 aliphatic rings. The maximum absolute atomic E-state index is 12.2. The Hall–Kier alpha value is -3.68. The van der Waals surface area contributed by atoms with Crippen LogP contribution in [0.25, 0.3) is 5.65 Å². The van der Waals surface area contributed by atoms with Crippen LogP contribution in [-0.4, -0.2) is 37.4 Å². The van der Waals surface area contributed by atoms with Gasteiger partial charge in [0.05, 0.1) is 23.2 Å². The molecule has 25 heavy (non-hydrogen) atoms. The molecule has 0 saturated heterocycles. The first kappa shape index (κ1) is 16.2. The topological polar surface area (TPSA) is 121 Å². The quantitative estimate of drug-likeness (QED) is 0.653. The van der Waals surface area contributed by atoms with E-state index in [0.29, 0.717) is 11.3 Å². The van der Waals surface area contributed by atoms with Crippen molar-refractivity contribution in [1.82, 2.24) is 9.38 Å². The fourth-order valence-electron chi connectivity index (χ4n) is 2.39. The van der Waals surface area contributed by atoms with Gasteiger partial charge < -0.3 is 19.9 Å². The number of hydrogen-bond donors (Lipinski definition) is 3. The first-order valence-electron chi connectivity index (χ1n) is 7.26. The van der Waals surface area contributed by atoms with Crippen LogP contribution in [0.15, 0.2) is 48.8 Å². The standard InChI is InChI=1S/C17H13N3O5/c21-15(8-13-9-20-4-2-1-3-14(20)18-13)19-12-6-10(16(22)23)5-11(7-12)17(24)25/h1-7,9H,8H2,(H,19,21)(H,22,23)(H,24,25). The van der Waals surface area contributed by atoms with E-state index in [2.05, 4.69) is 10.3 Å². The molecular weight excluding hydrogens is 326 g/mol. The minimum atomic E-state index is -1.28. The smallest absolute Gasteiger partial charge is 0.335 e. The SMILES string of the molecule is O=C(Cc1cn2ccccc2n1)Nc1cc(C(=O)O)cc(C(=O)O)c1. The lowest BCUT2D eigenvalue weighted by Gasteiger charge is -2.07. The number of nitrogens with zero attached hydrogens (tertiary/aromatic N) is 2. The number of rotatable bonds is 5. The number of carboxylic acid groups (broad SMARTS) is 2. The number of carbonyl (C=O) groups is 3. The largest absolute Gasteiger partial charge is 0.478 e. The molecule has 0 fully saturated rings. The molecule has 0 atom stereocenters. The number of imidazole rings is 1. The van der Waals surface area contributed by atoms with E-state index in [1.54, 1.807) is 22.9 Å². The molecule has 0 unspecified atom stereocenters. The molecule has 0 aliphatic carbocycles. The summed E-state index contributed by atoms with van der Waals surface area (Å²) < 4.78 is 1.77. The average Bonchev–Trinajstić information content (AvgIpc) is 2.96. The van der Waals surface area contributed by atoms with Crippen LogP contribution in [-0.2, 0) is 11.2 Å². The van der Waals surface area contributed by atoms with Gasteiger partial charge in [0.25, 0.3) is 0 Å². The van der Waals surface area contributed by atoms with Crippen molar-refractivity contribution in [3.8, 4) is 0 Å². The van der Waals surface area contributed by atoms with Crippen molar-refractivity contribution in [2.75, 3.05) is 5.32 Å². The number of hydrogen-bond acceptors (Lipinski definition) is 4. The Morgan fingerprint density at radius 1 is 1.04 bits per heavy atom. The lowest BCUT2D eigenvalue weighted by atomic mass is 10.1. The molecule has 3 rings (SSSR count). The summed E-state index contributed by atoms with van der Waals surface area (Å²) >= 11 is 0. The molecular formula is C17H13N3O5. The fourth-order valence-corrected chi connectivity index (χ4v) is 2.39. The monoisotopic (exact) mass is 339 g/mol. The third-order valence-corrected chi connectivity index (χ3v) is 3.47. The number of aromatic nitrogens is 2. The van der Waals surface area contributed by atoms with Crippen LogP contribution in [0, 0.1) is 0 Å². The van der Waals surface area contributed by atoms with E-state index >= 15 is 0 Å². The zero-order valence-electron chi connectivity index (χ0n) is 12.8. The highest BCUT2D eigenvalue weighted by Gasteiger charge is 2.14. The molecule has 1 aromatic carbocycles. The summed E-state index contributed by atoms with van der Waals surface area (Å²) in [5, 5.41) is 20.6. The third kappa shape index (κ3) is 3.63. The van der Waals surface area contributed by atoms with Crippen LogP contribution in [0.3, 0.4) is 0 Å². The minimum absolute atomic E-state index is 0.0264. The van der Waals surface area contributed by atoms with Gasteiger partial charge in [-0.1, -0.05) is 6.07 Å². The summed E-state index contributed by atoms with van der Waals surface area (Å²) in [4.78, 5) is 38.6. The third-order valence-electron chi connectivity index (χ3n) is 3.47. The van der Waals surface area contributed by atoms with Gasteiger partial charge in [-0.3, -0.25) is 4.79 Å². The lowest BCUT2D eigenvalue weighted by Crippen LogP contribution is -2.16. The highest BCUT2D eigenvalue weighted by molar-refractivity contribution is 5.98. The van der Waals surface area contributed by atoms with Crippen LogP contribution in [0.2, 0.25) is 0 Å². The predicted octanol–water partition coefficient (Wildman–Crippen LogP) is 1.91. The number of fused-ring (bicyclic) bond motifs is 1. The van der Waals surface area contributed by atoms with E-state index in [9.17, 15) is 14.4 Å². The second-order valence-corrected chi connectivity index (χ2v) is 5.33. The van der Waals surface area contributed by atoms with Crippen molar-refractivity contribution in [1.29, 1.82) is 0 Å². The van der Waals surface area contributed by atoms with Crippen LogP contribution < -0.4 is 5.32 Å². The van der Waals surface area contributed by atoms with E-state index in [0.717, 1.165) is 6.07 Å². The van der Waals surface area contributed by atoms with E-state index < -0.39 is 17.8 Å². The fraction of sp³-hybridized carbons (Fsp3) is 0.0588. The second-order valence-electron chi connectivity index (χ2n) is 5.33. The Bertz CT molecular complexity index is 928. The molecule has 0 spiro atoms. The van der Waals surface area contributed by atoms with Gasteiger partial charge in [0.2, 0.25) is 5.91 Å². The Kier molecular flexibility index (Phi) is 4.17. The molecule has 2 aromatic heterocycles. The van der Waals surface area contributed by atoms with Crippen LogP contribution in [0.1, 0.15) is 26.4 Å². The summed E-state index contributed by atoms with van der Waals surface area (Å²) in [5.41, 5.74) is 0.903. The first-order chi connectivity index (χ1) is 11.9. The van der Waals surface area contributed by atoms with Crippen molar-refractivity contribution >= 4 is 29.2 Å². The maximum atomic E-state index is 12.2. The van der Waals surface area contributed by atoms with Crippen molar-refractivity contribution in [3.63, 3.8) is 0 Å². The molecule has 0 bridgehead atoms. The minimum Gasteiger partial charge on any atom is -0.478 e. The number of carboxylic acids is 2. The van der Waals surface area contributed by atoms with E-state index in [4.69, 9.17) is 10.2 Å². The molecule has 1 amide bonds. The molecule has 8 heteroatoms. The average molecular weight is 339 g/mol. The van der Waals surface area contributed by atoms with Gasteiger partial charge in [-0.15, -0.1) is 0 Å². The molecule has 2 heterocycles. The Morgan fingerprint density at radius 2 is 1.72 bits per heavy atom. The van der Waals surface area contributed by atoms with Gasteiger partial charge >= 0.3 is 11.9 Å². The number of aromatic carboxylic acids is 2. The maximum Gasteiger partial charge on any atom is 0.335 e. The van der Waals surface area contributed by atoms with Crippen LogP contribution >= 0.6 is 0 Å². The van der Waals surface area contributed by atoms with Gasteiger partial charge in [-0.2, -0.15) is 0 Å². The Labute approximate surface area is 141 Å². The van der Waals surface area contributed by atoms with Gasteiger partial charge in [-0.25, -0.2) is 14.6 Å². The van der Waals surface area contributed by atoms with Gasteiger partial charge in [0.1, 0.15) is 5.65 Å². The molecule has 0 radical (unpaired) electrons. The molecule has 0 saturated carbocycles. The van der Waals surface area contributed by atoms with E-state index in [1.807, 2.05) is 12.1 Å². The normalized spacial score (nSPS) is 10.6. The number of anilines is 1. The van der Waals surface area contributed by atoms with Crippen LogP contribution in [0.5, 0.6) is 0 Å². The van der Waals surface area contributed by atoms with Crippen LogP contribution in [0.4, 0.5) is 5.69 Å². The highest BCUT2D eigenvalue weighted by Crippen LogP contribution is 2.16.